The Morgan fingerprint density at radius 3 is 2.77 bits per heavy atom. The summed E-state index contributed by atoms with van der Waals surface area (Å²) in [5.74, 6) is 2.47. The van der Waals surface area contributed by atoms with Gasteiger partial charge in [-0.15, -0.1) is 6.42 Å². The van der Waals surface area contributed by atoms with Crippen LogP contribution >= 0.6 is 27.7 Å². The monoisotopic (exact) mass is 494 g/mol. The second-order valence-electron chi connectivity index (χ2n) is 6.29. The molecule has 0 aliphatic carbocycles. The van der Waals surface area contributed by atoms with Gasteiger partial charge in [0.2, 0.25) is 5.91 Å². The Labute approximate surface area is 186 Å². The third-order valence-corrected chi connectivity index (χ3v) is 5.88. The third kappa shape index (κ3) is 4.98. The molecule has 0 radical (unpaired) electrons. The molecule has 158 valence electrons. The molecule has 0 N–H and O–H groups in total. The summed E-state index contributed by atoms with van der Waals surface area (Å²) in [5.41, 5.74) is 0.622. The van der Waals surface area contributed by atoms with Crippen molar-refractivity contribution in [3.05, 3.63) is 27.1 Å². The average molecular weight is 495 g/mol. The van der Waals surface area contributed by atoms with Crippen LogP contribution in [0.5, 0.6) is 11.5 Å². The second kappa shape index (κ2) is 10.0. The zero-order valence-electron chi connectivity index (χ0n) is 16.2. The molecule has 2 fully saturated rings. The smallest absolute Gasteiger partial charge is 0.294 e. The van der Waals surface area contributed by atoms with Gasteiger partial charge in [0.15, 0.2) is 11.5 Å². The van der Waals surface area contributed by atoms with Crippen LogP contribution in [0.3, 0.4) is 0 Å². The van der Waals surface area contributed by atoms with E-state index in [1.165, 1.54) is 7.11 Å². The molecule has 10 heteroatoms. The van der Waals surface area contributed by atoms with Crippen molar-refractivity contribution in [1.82, 2.24) is 9.80 Å². The van der Waals surface area contributed by atoms with Gasteiger partial charge in [-0.25, -0.2) is 0 Å². The number of carbonyl (C=O) groups excluding carboxylic acids is 3. The van der Waals surface area contributed by atoms with Crippen molar-refractivity contribution in [3.8, 4) is 23.8 Å². The summed E-state index contributed by atoms with van der Waals surface area (Å²) in [5, 5.41) is -0.479. The number of halogens is 1. The Balaban J connectivity index is 1.77. The standard InChI is InChI=1S/C20H19BrN2O6S/c1-3-6-29-18-14(21)9-13(10-15(18)27-2)11-16-19(25)23(20(26)30-16)12-17(24)22-4-7-28-8-5-22/h1,9-11H,4-8,12H2,2H3/b16-11-. The molecule has 0 unspecified atom stereocenters. The molecule has 3 amide bonds. The molecule has 8 nitrogen and oxygen atoms in total. The van der Waals surface area contributed by atoms with E-state index in [9.17, 15) is 14.4 Å². The zero-order chi connectivity index (χ0) is 21.7. The summed E-state index contributed by atoms with van der Waals surface area (Å²) < 4.78 is 16.6. The number of ether oxygens (including phenoxy) is 3. The quantitative estimate of drug-likeness (QED) is 0.443. The summed E-state index contributed by atoms with van der Waals surface area (Å²) in [6.45, 7) is 1.59. The first-order valence-electron chi connectivity index (χ1n) is 8.99. The van der Waals surface area contributed by atoms with Crippen molar-refractivity contribution >= 4 is 50.8 Å². The Morgan fingerprint density at radius 2 is 2.10 bits per heavy atom. The Hall–Kier alpha value is -2.48. The number of hydrogen-bond acceptors (Lipinski definition) is 7. The Kier molecular flexibility index (Phi) is 7.42. The molecule has 0 atom stereocenters. The summed E-state index contributed by atoms with van der Waals surface area (Å²) in [6, 6.07) is 3.39. The SMILES string of the molecule is C#CCOc1c(Br)cc(/C=C2\SC(=O)N(CC(=O)N3CCOCC3)C2=O)cc1OC. The fraction of sp³-hybridized carbons (Fsp3) is 0.350. The zero-order valence-corrected chi connectivity index (χ0v) is 18.6. The average Bonchev–Trinajstić information content (AvgIpc) is 3.00. The maximum absolute atomic E-state index is 12.7. The third-order valence-electron chi connectivity index (χ3n) is 4.38. The molecule has 30 heavy (non-hydrogen) atoms. The van der Waals surface area contributed by atoms with Crippen molar-refractivity contribution < 1.29 is 28.6 Å². The first-order chi connectivity index (χ1) is 14.4. The minimum Gasteiger partial charge on any atom is -0.493 e. The minimum atomic E-state index is -0.505. The molecule has 2 heterocycles. The van der Waals surface area contributed by atoms with Crippen LogP contribution in [-0.4, -0.2) is 73.4 Å². The fourth-order valence-corrected chi connectivity index (χ4v) is 4.33. The van der Waals surface area contributed by atoms with Gasteiger partial charge in [-0.05, 0) is 51.5 Å². The van der Waals surface area contributed by atoms with Crippen LogP contribution in [0.2, 0.25) is 0 Å². The van der Waals surface area contributed by atoms with Gasteiger partial charge in [0.05, 0.1) is 29.7 Å². The van der Waals surface area contributed by atoms with Crippen molar-refractivity contribution in [2.75, 3.05) is 46.6 Å². The first kappa shape index (κ1) is 22.2. The van der Waals surface area contributed by atoms with Crippen molar-refractivity contribution in [2.45, 2.75) is 0 Å². The van der Waals surface area contributed by atoms with E-state index in [0.29, 0.717) is 47.8 Å². The molecule has 1 aromatic carbocycles. The largest absolute Gasteiger partial charge is 0.493 e. The van der Waals surface area contributed by atoms with Crippen LogP contribution in [0.4, 0.5) is 4.79 Å². The lowest BCUT2D eigenvalue weighted by Gasteiger charge is -2.28. The minimum absolute atomic E-state index is 0.0738. The highest BCUT2D eigenvalue weighted by Crippen LogP contribution is 2.39. The van der Waals surface area contributed by atoms with Gasteiger partial charge < -0.3 is 19.1 Å². The van der Waals surface area contributed by atoms with Gasteiger partial charge in [-0.3, -0.25) is 19.3 Å². The van der Waals surface area contributed by atoms with E-state index in [0.717, 1.165) is 16.7 Å². The number of thioether (sulfide) groups is 1. The maximum atomic E-state index is 12.7. The van der Waals surface area contributed by atoms with E-state index in [-0.39, 0.29) is 24.0 Å². The molecule has 3 rings (SSSR count). The lowest BCUT2D eigenvalue weighted by atomic mass is 10.2. The van der Waals surface area contributed by atoms with Crippen LogP contribution in [0.15, 0.2) is 21.5 Å². The van der Waals surface area contributed by atoms with Crippen LogP contribution in [0, 0.1) is 12.3 Å². The van der Waals surface area contributed by atoms with Crippen LogP contribution < -0.4 is 9.47 Å². The number of nitrogens with zero attached hydrogens (tertiary/aromatic N) is 2. The molecule has 0 saturated carbocycles. The number of morpholine rings is 1. The van der Waals surface area contributed by atoms with Crippen molar-refractivity contribution in [2.24, 2.45) is 0 Å². The lowest BCUT2D eigenvalue weighted by molar-refractivity contribution is -0.139. The summed E-state index contributed by atoms with van der Waals surface area (Å²) >= 11 is 4.19. The summed E-state index contributed by atoms with van der Waals surface area (Å²) in [6.07, 6.45) is 6.80. The molecule has 2 aliphatic rings. The van der Waals surface area contributed by atoms with E-state index >= 15 is 0 Å². The number of amides is 3. The van der Waals surface area contributed by atoms with Gasteiger partial charge in [-0.2, -0.15) is 0 Å². The maximum Gasteiger partial charge on any atom is 0.294 e. The van der Waals surface area contributed by atoms with E-state index in [1.54, 1.807) is 23.1 Å². The molecule has 0 spiro atoms. The van der Waals surface area contributed by atoms with Crippen LogP contribution in [0.25, 0.3) is 6.08 Å². The summed E-state index contributed by atoms with van der Waals surface area (Å²) in [7, 11) is 1.49. The van der Waals surface area contributed by atoms with Gasteiger partial charge in [0.25, 0.3) is 11.1 Å². The molecule has 1 aromatic rings. The first-order valence-corrected chi connectivity index (χ1v) is 10.6. The van der Waals surface area contributed by atoms with Crippen LogP contribution in [-0.2, 0) is 14.3 Å². The topological polar surface area (TPSA) is 85.4 Å². The summed E-state index contributed by atoms with van der Waals surface area (Å²) in [4.78, 5) is 40.2. The number of imide groups is 1. The molecule has 0 bridgehead atoms. The second-order valence-corrected chi connectivity index (χ2v) is 8.14. The van der Waals surface area contributed by atoms with Gasteiger partial charge in [0.1, 0.15) is 13.2 Å². The number of methoxy groups -OCH3 is 1. The predicted molar refractivity (Wildman–Crippen MR) is 115 cm³/mol. The highest BCUT2D eigenvalue weighted by molar-refractivity contribution is 9.10. The number of terminal acetylenes is 1. The Morgan fingerprint density at radius 1 is 1.37 bits per heavy atom. The van der Waals surface area contributed by atoms with Crippen molar-refractivity contribution in [3.63, 3.8) is 0 Å². The molecule has 0 aromatic heterocycles. The fourth-order valence-electron chi connectivity index (χ4n) is 2.91. The molecule has 2 aliphatic heterocycles. The number of hydrogen-bond donors (Lipinski definition) is 0. The van der Waals surface area contributed by atoms with E-state index in [2.05, 4.69) is 21.9 Å². The lowest BCUT2D eigenvalue weighted by Crippen LogP contribution is -2.46. The van der Waals surface area contributed by atoms with E-state index in [1.807, 2.05) is 0 Å². The number of rotatable bonds is 6. The normalized spacial score (nSPS) is 18.0. The van der Waals surface area contributed by atoms with Crippen LogP contribution in [0.1, 0.15) is 5.56 Å². The molecule has 2 saturated heterocycles. The predicted octanol–water partition coefficient (Wildman–Crippen LogP) is 2.36. The van der Waals surface area contributed by atoms with Gasteiger partial charge in [0, 0.05) is 13.1 Å². The van der Waals surface area contributed by atoms with Gasteiger partial charge >= 0.3 is 0 Å². The molecular formula is C20H19BrN2O6S. The Bertz CT molecular complexity index is 936. The molecular weight excluding hydrogens is 476 g/mol. The van der Waals surface area contributed by atoms with E-state index in [4.69, 9.17) is 20.6 Å². The highest BCUT2D eigenvalue weighted by Gasteiger charge is 2.37. The number of benzene rings is 1. The van der Waals surface area contributed by atoms with Crippen molar-refractivity contribution in [1.29, 1.82) is 0 Å². The van der Waals surface area contributed by atoms with Gasteiger partial charge in [-0.1, -0.05) is 5.92 Å². The highest BCUT2D eigenvalue weighted by atomic mass is 79.9. The number of carbonyl (C=O) groups is 3. The van der Waals surface area contributed by atoms with E-state index < -0.39 is 11.1 Å².